The minimum absolute atomic E-state index is 0.671. The molecule has 0 radical (unpaired) electrons. The van der Waals surface area contributed by atoms with Gasteiger partial charge in [-0.3, -0.25) is 4.68 Å². The number of hydrogen-bond acceptors (Lipinski definition) is 3. The smallest absolute Gasteiger partial charge is 0.0762 e. The quantitative estimate of drug-likeness (QED) is 0.838. The van der Waals surface area contributed by atoms with Crippen molar-refractivity contribution in [2.45, 2.75) is 38.8 Å². The molecule has 0 aliphatic carbocycles. The number of rotatable bonds is 5. The van der Waals surface area contributed by atoms with Gasteiger partial charge < -0.3 is 10.2 Å². The lowest BCUT2D eigenvalue weighted by molar-refractivity contribution is 0.197. The van der Waals surface area contributed by atoms with E-state index in [1.807, 2.05) is 17.9 Å². The molecule has 1 aromatic heterocycles. The van der Waals surface area contributed by atoms with E-state index in [0.717, 1.165) is 12.2 Å². The average molecular weight is 236 g/mol. The molecule has 1 saturated heterocycles. The van der Waals surface area contributed by atoms with Gasteiger partial charge in [0.2, 0.25) is 0 Å². The average Bonchev–Trinajstić information content (AvgIpc) is 2.75. The molecule has 4 nitrogen and oxygen atoms in total. The molecule has 0 bridgehead atoms. The Morgan fingerprint density at radius 2 is 2.18 bits per heavy atom. The molecule has 1 fully saturated rings. The highest BCUT2D eigenvalue weighted by Crippen LogP contribution is 2.11. The van der Waals surface area contributed by atoms with E-state index in [1.165, 1.54) is 38.9 Å². The van der Waals surface area contributed by atoms with E-state index in [1.54, 1.807) is 0 Å². The highest BCUT2D eigenvalue weighted by molar-refractivity contribution is 4.98. The molecule has 0 spiro atoms. The molecule has 0 atom stereocenters. The van der Waals surface area contributed by atoms with Gasteiger partial charge in [0.05, 0.1) is 5.69 Å². The second-order valence-electron chi connectivity index (χ2n) is 4.98. The highest BCUT2D eigenvalue weighted by atomic mass is 15.3. The molecule has 17 heavy (non-hydrogen) atoms. The SMILES string of the molecule is CCCN1CCC(NCc2ccn(C)n2)CC1. The Labute approximate surface area is 104 Å². The van der Waals surface area contributed by atoms with Gasteiger partial charge in [-0.25, -0.2) is 0 Å². The second kappa shape index (κ2) is 6.17. The fourth-order valence-electron chi connectivity index (χ4n) is 2.48. The van der Waals surface area contributed by atoms with Crippen LogP contribution in [0.2, 0.25) is 0 Å². The Balaban J connectivity index is 1.68. The summed E-state index contributed by atoms with van der Waals surface area (Å²) in [7, 11) is 1.97. The molecule has 1 aromatic rings. The zero-order chi connectivity index (χ0) is 12.1. The third-order valence-electron chi connectivity index (χ3n) is 3.47. The van der Waals surface area contributed by atoms with E-state index in [-0.39, 0.29) is 0 Å². The number of nitrogens with one attached hydrogen (secondary N) is 1. The van der Waals surface area contributed by atoms with Crippen molar-refractivity contribution in [1.29, 1.82) is 0 Å². The van der Waals surface area contributed by atoms with Crippen LogP contribution in [-0.4, -0.2) is 40.4 Å². The Hall–Kier alpha value is -0.870. The fourth-order valence-corrected chi connectivity index (χ4v) is 2.48. The summed E-state index contributed by atoms with van der Waals surface area (Å²) in [5, 5.41) is 7.99. The van der Waals surface area contributed by atoms with E-state index in [0.29, 0.717) is 6.04 Å². The summed E-state index contributed by atoms with van der Waals surface area (Å²) in [6, 6.07) is 2.75. The van der Waals surface area contributed by atoms with Crippen LogP contribution in [0.3, 0.4) is 0 Å². The van der Waals surface area contributed by atoms with Gasteiger partial charge in [0, 0.05) is 25.8 Å². The molecule has 0 saturated carbocycles. The third-order valence-corrected chi connectivity index (χ3v) is 3.47. The lowest BCUT2D eigenvalue weighted by atomic mass is 10.0. The van der Waals surface area contributed by atoms with E-state index in [2.05, 4.69) is 28.3 Å². The van der Waals surface area contributed by atoms with Gasteiger partial charge in [-0.05, 0) is 45.0 Å². The van der Waals surface area contributed by atoms with Crippen molar-refractivity contribution in [2.24, 2.45) is 7.05 Å². The largest absolute Gasteiger partial charge is 0.308 e. The molecule has 4 heteroatoms. The predicted octanol–water partition coefficient (Wildman–Crippen LogP) is 1.38. The molecule has 0 aromatic carbocycles. The Morgan fingerprint density at radius 3 is 2.76 bits per heavy atom. The van der Waals surface area contributed by atoms with Gasteiger partial charge in [0.1, 0.15) is 0 Å². The molecule has 1 aliphatic rings. The molecular weight excluding hydrogens is 212 g/mol. The number of likely N-dealkylation sites (tertiary alicyclic amines) is 1. The van der Waals surface area contributed by atoms with E-state index in [4.69, 9.17) is 0 Å². The van der Waals surface area contributed by atoms with E-state index >= 15 is 0 Å². The van der Waals surface area contributed by atoms with Crippen LogP contribution >= 0.6 is 0 Å². The first kappa shape index (κ1) is 12.6. The van der Waals surface area contributed by atoms with Crippen molar-refractivity contribution in [2.75, 3.05) is 19.6 Å². The Bertz CT molecular complexity index is 326. The maximum atomic E-state index is 4.38. The fraction of sp³-hybridized carbons (Fsp3) is 0.769. The monoisotopic (exact) mass is 236 g/mol. The number of aromatic nitrogens is 2. The van der Waals surface area contributed by atoms with Crippen molar-refractivity contribution in [1.82, 2.24) is 20.0 Å². The molecule has 96 valence electrons. The van der Waals surface area contributed by atoms with Crippen molar-refractivity contribution in [3.63, 3.8) is 0 Å². The number of aryl methyl sites for hydroxylation is 1. The normalized spacial score (nSPS) is 18.7. The van der Waals surface area contributed by atoms with Crippen LogP contribution in [-0.2, 0) is 13.6 Å². The van der Waals surface area contributed by atoms with Crippen LogP contribution in [0.1, 0.15) is 31.9 Å². The first-order chi connectivity index (χ1) is 8.28. The van der Waals surface area contributed by atoms with Crippen LogP contribution in [0.4, 0.5) is 0 Å². The first-order valence-electron chi connectivity index (χ1n) is 6.72. The summed E-state index contributed by atoms with van der Waals surface area (Å²) in [5.41, 5.74) is 1.14. The molecule has 0 amide bonds. The topological polar surface area (TPSA) is 33.1 Å². The van der Waals surface area contributed by atoms with E-state index < -0.39 is 0 Å². The number of hydrogen-bond donors (Lipinski definition) is 1. The highest BCUT2D eigenvalue weighted by Gasteiger charge is 2.17. The number of nitrogens with zero attached hydrogens (tertiary/aromatic N) is 3. The van der Waals surface area contributed by atoms with Crippen molar-refractivity contribution >= 4 is 0 Å². The minimum Gasteiger partial charge on any atom is -0.308 e. The van der Waals surface area contributed by atoms with Gasteiger partial charge in [0.15, 0.2) is 0 Å². The number of piperidine rings is 1. The molecule has 0 unspecified atom stereocenters. The zero-order valence-corrected chi connectivity index (χ0v) is 11.0. The van der Waals surface area contributed by atoms with Crippen LogP contribution in [0, 0.1) is 0 Å². The third kappa shape index (κ3) is 3.82. The predicted molar refractivity (Wildman–Crippen MR) is 69.8 cm³/mol. The maximum Gasteiger partial charge on any atom is 0.0762 e. The molecule has 1 N–H and O–H groups in total. The molecule has 2 rings (SSSR count). The second-order valence-corrected chi connectivity index (χ2v) is 4.98. The van der Waals surface area contributed by atoms with Crippen LogP contribution in [0.5, 0.6) is 0 Å². The summed E-state index contributed by atoms with van der Waals surface area (Å²) in [4.78, 5) is 2.57. The van der Waals surface area contributed by atoms with Crippen LogP contribution < -0.4 is 5.32 Å². The summed E-state index contributed by atoms with van der Waals surface area (Å²) in [6.45, 7) is 6.90. The Morgan fingerprint density at radius 1 is 1.41 bits per heavy atom. The lowest BCUT2D eigenvalue weighted by Gasteiger charge is -2.32. The van der Waals surface area contributed by atoms with Gasteiger partial charge in [-0.2, -0.15) is 5.10 Å². The first-order valence-corrected chi connectivity index (χ1v) is 6.72. The van der Waals surface area contributed by atoms with Crippen molar-refractivity contribution in [3.05, 3.63) is 18.0 Å². The summed E-state index contributed by atoms with van der Waals surface area (Å²) in [6.07, 6.45) is 5.81. The summed E-state index contributed by atoms with van der Waals surface area (Å²) < 4.78 is 1.86. The van der Waals surface area contributed by atoms with Gasteiger partial charge >= 0.3 is 0 Å². The minimum atomic E-state index is 0.671. The Kier molecular flexibility index (Phi) is 4.57. The zero-order valence-electron chi connectivity index (χ0n) is 11.0. The summed E-state index contributed by atoms with van der Waals surface area (Å²) >= 11 is 0. The molecule has 1 aliphatic heterocycles. The standard InChI is InChI=1S/C13H24N4/c1-3-7-17-9-5-12(6-10-17)14-11-13-4-8-16(2)15-13/h4,8,12,14H,3,5-7,9-11H2,1-2H3. The van der Waals surface area contributed by atoms with Crippen molar-refractivity contribution < 1.29 is 0 Å². The van der Waals surface area contributed by atoms with Crippen LogP contribution in [0.25, 0.3) is 0 Å². The maximum absolute atomic E-state index is 4.38. The van der Waals surface area contributed by atoms with Gasteiger partial charge in [0.25, 0.3) is 0 Å². The van der Waals surface area contributed by atoms with E-state index in [9.17, 15) is 0 Å². The van der Waals surface area contributed by atoms with Gasteiger partial charge in [-0.15, -0.1) is 0 Å². The lowest BCUT2D eigenvalue weighted by Crippen LogP contribution is -2.42. The van der Waals surface area contributed by atoms with Gasteiger partial charge in [-0.1, -0.05) is 6.92 Å². The van der Waals surface area contributed by atoms with Crippen LogP contribution in [0.15, 0.2) is 12.3 Å². The summed E-state index contributed by atoms with van der Waals surface area (Å²) in [5.74, 6) is 0. The molecule has 2 heterocycles. The van der Waals surface area contributed by atoms with Crippen molar-refractivity contribution in [3.8, 4) is 0 Å². The molecular formula is C13H24N4.